The van der Waals surface area contributed by atoms with Crippen LogP contribution in [0.25, 0.3) is 0 Å². The maximum Gasteiger partial charge on any atom is 0.321 e. The van der Waals surface area contributed by atoms with Crippen LogP contribution in [-0.4, -0.2) is 47.5 Å². The van der Waals surface area contributed by atoms with Crippen LogP contribution in [0.15, 0.2) is 5.10 Å². The van der Waals surface area contributed by atoms with Gasteiger partial charge in [-0.05, 0) is 19.3 Å². The Hall–Kier alpha value is -2.32. The van der Waals surface area contributed by atoms with Gasteiger partial charge >= 0.3 is 12.1 Å². The zero-order valence-corrected chi connectivity index (χ0v) is 12.3. The number of carbonyl (C=O) groups is 3. The van der Waals surface area contributed by atoms with Crippen LogP contribution in [0.1, 0.15) is 27.2 Å². The molecule has 0 spiro atoms. The summed E-state index contributed by atoms with van der Waals surface area (Å²) < 4.78 is 0. The summed E-state index contributed by atoms with van der Waals surface area (Å²) >= 11 is 0. The van der Waals surface area contributed by atoms with E-state index in [2.05, 4.69) is 40.3 Å². The van der Waals surface area contributed by atoms with Crippen molar-refractivity contribution in [2.45, 2.75) is 39.5 Å². The lowest BCUT2D eigenvalue weighted by Crippen LogP contribution is -2.47. The second-order valence-electron chi connectivity index (χ2n) is 5.60. The topological polar surface area (TPSA) is 115 Å². The number of fused-ring (bicyclic) bond motifs is 1. The minimum atomic E-state index is -0.559. The minimum absolute atomic E-state index is 0.173. The highest BCUT2D eigenvalue weighted by atomic mass is 16.2. The van der Waals surface area contributed by atoms with E-state index >= 15 is 0 Å². The molecule has 0 unspecified atom stereocenters. The molecular formula is C12H20N6O3. The Morgan fingerprint density at radius 2 is 2.05 bits per heavy atom. The molecule has 2 rings (SSSR count). The van der Waals surface area contributed by atoms with Gasteiger partial charge in [-0.3, -0.25) is 9.69 Å². The summed E-state index contributed by atoms with van der Waals surface area (Å²) in [6.07, 6.45) is -0.282. The number of amides is 5. The fourth-order valence-electron chi connectivity index (χ4n) is 2.35. The van der Waals surface area contributed by atoms with Crippen LogP contribution in [0, 0.1) is 5.92 Å². The molecule has 0 aromatic rings. The second kappa shape index (κ2) is 5.98. The number of hydrazone groups is 1. The van der Waals surface area contributed by atoms with Crippen LogP contribution < -0.4 is 21.4 Å². The lowest BCUT2D eigenvalue weighted by molar-refractivity contribution is -0.121. The molecule has 2 aliphatic rings. The molecule has 0 aliphatic carbocycles. The SMILES string of the molecule is C/C(CC(C)C)=N/NC(=O)CN1C(=O)N[C@H]2NC(=O)N[C@@H]21. The third-order valence-corrected chi connectivity index (χ3v) is 3.15. The molecule has 9 nitrogen and oxygen atoms in total. The summed E-state index contributed by atoms with van der Waals surface area (Å²) in [5, 5.41) is 11.7. The fourth-order valence-corrected chi connectivity index (χ4v) is 2.35. The summed E-state index contributed by atoms with van der Waals surface area (Å²) in [5.74, 6) is 0.0469. The molecule has 2 aliphatic heterocycles. The molecule has 5 amide bonds. The van der Waals surface area contributed by atoms with Crippen molar-refractivity contribution in [1.29, 1.82) is 0 Å². The van der Waals surface area contributed by atoms with E-state index in [1.54, 1.807) is 0 Å². The van der Waals surface area contributed by atoms with Gasteiger partial charge in [0.05, 0.1) is 0 Å². The molecule has 2 fully saturated rings. The van der Waals surface area contributed by atoms with Crippen LogP contribution in [0.5, 0.6) is 0 Å². The second-order valence-corrected chi connectivity index (χ2v) is 5.60. The van der Waals surface area contributed by atoms with Gasteiger partial charge in [-0.15, -0.1) is 0 Å². The molecule has 2 saturated heterocycles. The first-order chi connectivity index (χ1) is 9.86. The van der Waals surface area contributed by atoms with E-state index in [1.165, 1.54) is 4.90 Å². The molecule has 0 radical (unpaired) electrons. The molecule has 0 bridgehead atoms. The molecule has 0 aromatic carbocycles. The lowest BCUT2D eigenvalue weighted by Gasteiger charge is -2.19. The number of nitrogens with zero attached hydrogens (tertiary/aromatic N) is 2. The molecule has 4 N–H and O–H groups in total. The van der Waals surface area contributed by atoms with Gasteiger partial charge in [0.15, 0.2) is 0 Å². The van der Waals surface area contributed by atoms with E-state index in [4.69, 9.17) is 0 Å². The van der Waals surface area contributed by atoms with E-state index < -0.39 is 24.3 Å². The molecule has 21 heavy (non-hydrogen) atoms. The van der Waals surface area contributed by atoms with Crippen molar-refractivity contribution in [2.75, 3.05) is 6.54 Å². The predicted molar refractivity (Wildman–Crippen MR) is 75.2 cm³/mol. The molecule has 2 atom stereocenters. The minimum Gasteiger partial charge on any atom is -0.314 e. The third-order valence-electron chi connectivity index (χ3n) is 3.15. The Balaban J connectivity index is 1.87. The number of rotatable bonds is 5. The maximum absolute atomic E-state index is 11.8. The summed E-state index contributed by atoms with van der Waals surface area (Å²) in [6, 6.07) is -0.781. The van der Waals surface area contributed by atoms with E-state index in [0.29, 0.717) is 5.92 Å². The van der Waals surface area contributed by atoms with Gasteiger partial charge in [0.1, 0.15) is 18.9 Å². The highest BCUT2D eigenvalue weighted by Gasteiger charge is 2.45. The third kappa shape index (κ3) is 3.61. The van der Waals surface area contributed by atoms with Crippen LogP contribution in [0.3, 0.4) is 0 Å². The zero-order chi connectivity index (χ0) is 15.6. The van der Waals surface area contributed by atoms with Crippen molar-refractivity contribution in [3.8, 4) is 0 Å². The number of nitrogens with one attached hydrogen (secondary N) is 4. The van der Waals surface area contributed by atoms with E-state index in [-0.39, 0.29) is 12.6 Å². The number of hydrogen-bond donors (Lipinski definition) is 4. The van der Waals surface area contributed by atoms with Crippen molar-refractivity contribution >= 4 is 23.7 Å². The predicted octanol–water partition coefficient (Wildman–Crippen LogP) is -0.485. The van der Waals surface area contributed by atoms with Gasteiger partial charge in [0.25, 0.3) is 5.91 Å². The van der Waals surface area contributed by atoms with Crippen LogP contribution in [-0.2, 0) is 4.79 Å². The van der Waals surface area contributed by atoms with Gasteiger partial charge in [0, 0.05) is 5.71 Å². The first kappa shape index (κ1) is 15.1. The first-order valence-corrected chi connectivity index (χ1v) is 6.83. The first-order valence-electron chi connectivity index (χ1n) is 6.83. The fraction of sp³-hybridized carbons (Fsp3) is 0.667. The van der Waals surface area contributed by atoms with Gasteiger partial charge in [-0.25, -0.2) is 15.0 Å². The Labute approximate surface area is 122 Å². The maximum atomic E-state index is 11.8. The average Bonchev–Trinajstić information content (AvgIpc) is 2.84. The number of hydrogen-bond acceptors (Lipinski definition) is 4. The van der Waals surface area contributed by atoms with Crippen molar-refractivity contribution in [2.24, 2.45) is 11.0 Å². The highest BCUT2D eigenvalue weighted by Crippen LogP contribution is 2.13. The lowest BCUT2D eigenvalue weighted by atomic mass is 10.1. The Morgan fingerprint density at radius 3 is 2.71 bits per heavy atom. The molecular weight excluding hydrogens is 276 g/mol. The van der Waals surface area contributed by atoms with Crippen molar-refractivity contribution < 1.29 is 14.4 Å². The van der Waals surface area contributed by atoms with Gasteiger partial charge < -0.3 is 16.0 Å². The zero-order valence-electron chi connectivity index (χ0n) is 12.3. The number of carbonyl (C=O) groups excluding carboxylic acids is 3. The van der Waals surface area contributed by atoms with Gasteiger partial charge in [0.2, 0.25) is 0 Å². The highest BCUT2D eigenvalue weighted by molar-refractivity contribution is 5.89. The average molecular weight is 296 g/mol. The summed E-state index contributed by atoms with van der Waals surface area (Å²) in [5.41, 5.74) is 3.24. The van der Waals surface area contributed by atoms with Gasteiger partial charge in [-0.1, -0.05) is 13.8 Å². The summed E-state index contributed by atoms with van der Waals surface area (Å²) in [7, 11) is 0. The number of urea groups is 2. The molecule has 116 valence electrons. The molecule has 9 heteroatoms. The quantitative estimate of drug-likeness (QED) is 0.405. The van der Waals surface area contributed by atoms with Crippen molar-refractivity contribution in [3.05, 3.63) is 0 Å². The molecule has 0 aromatic heterocycles. The summed E-state index contributed by atoms with van der Waals surface area (Å²) in [6.45, 7) is 5.78. The van der Waals surface area contributed by atoms with E-state index in [9.17, 15) is 14.4 Å². The Morgan fingerprint density at radius 1 is 1.33 bits per heavy atom. The monoisotopic (exact) mass is 296 g/mol. The standard InChI is InChI=1S/C12H20N6O3/c1-6(2)4-7(3)16-17-8(19)5-18-10-9(14-12(18)21)13-11(20)15-10/h6,9-10H,4-5H2,1-3H3,(H,14,21)(H,17,19)(H2,13,15,20)/b16-7-/t9-,10-/m1/s1. The normalized spacial score (nSPS) is 24.6. The molecule has 0 saturated carbocycles. The van der Waals surface area contributed by atoms with Crippen molar-refractivity contribution in [3.63, 3.8) is 0 Å². The van der Waals surface area contributed by atoms with E-state index in [1.807, 2.05) is 6.92 Å². The van der Waals surface area contributed by atoms with Crippen LogP contribution >= 0.6 is 0 Å². The van der Waals surface area contributed by atoms with Gasteiger partial charge in [-0.2, -0.15) is 5.10 Å². The summed E-state index contributed by atoms with van der Waals surface area (Å²) in [4.78, 5) is 36.0. The Bertz CT molecular complexity index is 489. The van der Waals surface area contributed by atoms with Crippen LogP contribution in [0.2, 0.25) is 0 Å². The largest absolute Gasteiger partial charge is 0.321 e. The molecule has 2 heterocycles. The smallest absolute Gasteiger partial charge is 0.314 e. The van der Waals surface area contributed by atoms with Crippen LogP contribution in [0.4, 0.5) is 9.59 Å². The Kier molecular flexibility index (Phi) is 4.29. The van der Waals surface area contributed by atoms with Crippen molar-refractivity contribution in [1.82, 2.24) is 26.3 Å². The van der Waals surface area contributed by atoms with E-state index in [0.717, 1.165) is 12.1 Å².